The molecular weight excluding hydrogens is 409 g/mol. The van der Waals surface area contributed by atoms with E-state index in [0.717, 1.165) is 20.5 Å². The first-order valence-electron chi connectivity index (χ1n) is 9.11. The third kappa shape index (κ3) is 3.37. The molecule has 3 aromatic heterocycles. The van der Waals surface area contributed by atoms with Gasteiger partial charge in [0.2, 0.25) is 0 Å². The van der Waals surface area contributed by atoms with Crippen molar-refractivity contribution >= 4 is 21.6 Å². The lowest BCUT2D eigenvalue weighted by Gasteiger charge is -2.17. The maximum absolute atomic E-state index is 13.2. The van der Waals surface area contributed by atoms with Crippen LogP contribution in [-0.2, 0) is 18.6 Å². The molecule has 0 bridgehead atoms. The van der Waals surface area contributed by atoms with Gasteiger partial charge in [0.05, 0.1) is 23.9 Å². The Hall–Kier alpha value is -2.56. The predicted molar refractivity (Wildman–Crippen MR) is 103 cm³/mol. The molecule has 0 amide bonds. The second-order valence-corrected chi connectivity index (χ2v) is 8.74. The Morgan fingerprint density at radius 1 is 1.24 bits per heavy atom. The molecule has 4 rings (SSSR count). The Kier molecular flexibility index (Phi) is 4.41. The van der Waals surface area contributed by atoms with E-state index in [9.17, 15) is 27.6 Å². The summed E-state index contributed by atoms with van der Waals surface area (Å²) in [5.41, 5.74) is -1.54. The Bertz CT molecular complexity index is 1270. The minimum absolute atomic E-state index is 0.140. The number of aromatic amines is 1. The molecule has 1 saturated carbocycles. The number of H-pyrrole nitrogens is 1. The van der Waals surface area contributed by atoms with Crippen molar-refractivity contribution in [3.8, 4) is 0 Å². The van der Waals surface area contributed by atoms with Crippen molar-refractivity contribution in [2.75, 3.05) is 0 Å². The zero-order valence-corrected chi connectivity index (χ0v) is 16.6. The summed E-state index contributed by atoms with van der Waals surface area (Å²) in [6.07, 6.45) is -2.87. The minimum Gasteiger partial charge on any atom is -0.303 e. The van der Waals surface area contributed by atoms with Crippen LogP contribution in [0.25, 0.3) is 10.2 Å². The molecule has 0 saturated heterocycles. The van der Waals surface area contributed by atoms with E-state index in [2.05, 4.69) is 5.10 Å². The van der Waals surface area contributed by atoms with Gasteiger partial charge in [0.25, 0.3) is 11.1 Å². The molecule has 1 N–H and O–H groups in total. The molecule has 29 heavy (non-hydrogen) atoms. The molecule has 0 atom stereocenters. The molecule has 0 unspecified atom stereocenters. The van der Waals surface area contributed by atoms with Crippen LogP contribution in [0.4, 0.5) is 13.2 Å². The van der Waals surface area contributed by atoms with E-state index in [4.69, 9.17) is 0 Å². The maximum Gasteiger partial charge on any atom is 0.390 e. The first-order valence-corrected chi connectivity index (χ1v) is 9.93. The van der Waals surface area contributed by atoms with E-state index in [1.165, 1.54) is 16.9 Å². The number of halogens is 3. The van der Waals surface area contributed by atoms with Gasteiger partial charge in [0, 0.05) is 23.7 Å². The number of rotatable bonds is 5. The standard InChI is InChI=1S/C18H19F3N4O3S/c1-10-11(9-24-12(26)3-7-22-24)29-15-13(10)14(27)25(17(2)4-5-17)16(28)23(15)8-6-18(19,20)21/h3,7,22H,4-6,8-9H2,1-2H3. The fourth-order valence-electron chi connectivity index (χ4n) is 3.48. The van der Waals surface area contributed by atoms with Crippen molar-refractivity contribution in [1.82, 2.24) is 18.9 Å². The van der Waals surface area contributed by atoms with Gasteiger partial charge in [-0.1, -0.05) is 0 Å². The van der Waals surface area contributed by atoms with E-state index >= 15 is 0 Å². The summed E-state index contributed by atoms with van der Waals surface area (Å²) in [5.74, 6) is 0. The van der Waals surface area contributed by atoms with Gasteiger partial charge >= 0.3 is 11.9 Å². The summed E-state index contributed by atoms with van der Waals surface area (Å²) in [6, 6.07) is 1.35. The third-order valence-corrected chi connectivity index (χ3v) is 6.77. The van der Waals surface area contributed by atoms with Crippen molar-refractivity contribution in [2.24, 2.45) is 0 Å². The summed E-state index contributed by atoms with van der Waals surface area (Å²) >= 11 is 1.08. The number of aryl methyl sites for hydroxylation is 2. The average molecular weight is 428 g/mol. The van der Waals surface area contributed by atoms with Crippen LogP contribution in [0, 0.1) is 6.92 Å². The molecule has 156 valence electrons. The topological polar surface area (TPSA) is 81.8 Å². The molecule has 0 spiro atoms. The van der Waals surface area contributed by atoms with Crippen molar-refractivity contribution < 1.29 is 13.2 Å². The highest BCUT2D eigenvalue weighted by Gasteiger charge is 2.43. The minimum atomic E-state index is -4.43. The average Bonchev–Trinajstić information content (AvgIpc) is 3.08. The first kappa shape index (κ1) is 19.7. The molecule has 7 nitrogen and oxygen atoms in total. The van der Waals surface area contributed by atoms with E-state index in [1.54, 1.807) is 13.8 Å². The van der Waals surface area contributed by atoms with Gasteiger partial charge in [0.1, 0.15) is 4.83 Å². The van der Waals surface area contributed by atoms with Crippen LogP contribution in [0.2, 0.25) is 0 Å². The molecular formula is C18H19F3N4O3S. The maximum atomic E-state index is 13.2. The predicted octanol–water partition coefficient (Wildman–Crippen LogP) is 2.53. The van der Waals surface area contributed by atoms with Crippen LogP contribution in [-0.4, -0.2) is 25.1 Å². The molecule has 3 aromatic rings. The number of fused-ring (bicyclic) bond motifs is 1. The summed E-state index contributed by atoms with van der Waals surface area (Å²) < 4.78 is 42.1. The van der Waals surface area contributed by atoms with Gasteiger partial charge in [-0.3, -0.25) is 18.7 Å². The lowest BCUT2D eigenvalue weighted by atomic mass is 10.2. The van der Waals surface area contributed by atoms with E-state index < -0.39 is 35.9 Å². The van der Waals surface area contributed by atoms with E-state index in [0.29, 0.717) is 23.3 Å². The fourth-order valence-corrected chi connectivity index (χ4v) is 4.78. The molecule has 0 radical (unpaired) electrons. The van der Waals surface area contributed by atoms with Crippen molar-refractivity contribution in [3.63, 3.8) is 0 Å². The van der Waals surface area contributed by atoms with E-state index in [1.807, 2.05) is 0 Å². The quantitative estimate of drug-likeness (QED) is 0.678. The van der Waals surface area contributed by atoms with Gasteiger partial charge in [-0.2, -0.15) is 13.2 Å². The van der Waals surface area contributed by atoms with Crippen LogP contribution >= 0.6 is 11.3 Å². The summed E-state index contributed by atoms with van der Waals surface area (Å²) in [4.78, 5) is 38.8. The number of aromatic nitrogens is 4. The Balaban J connectivity index is 1.95. The first-order chi connectivity index (χ1) is 13.5. The second kappa shape index (κ2) is 6.48. The molecule has 0 aromatic carbocycles. The van der Waals surface area contributed by atoms with Gasteiger partial charge in [-0.15, -0.1) is 11.3 Å². The molecule has 1 fully saturated rings. The van der Waals surface area contributed by atoms with Crippen LogP contribution in [0.1, 0.15) is 36.6 Å². The van der Waals surface area contributed by atoms with Crippen molar-refractivity contribution in [3.05, 3.63) is 53.9 Å². The number of hydrogen-bond acceptors (Lipinski definition) is 4. The fraction of sp³-hybridized carbons (Fsp3) is 0.500. The zero-order valence-electron chi connectivity index (χ0n) is 15.8. The van der Waals surface area contributed by atoms with Gasteiger partial charge in [0.15, 0.2) is 0 Å². The Morgan fingerprint density at radius 2 is 1.93 bits per heavy atom. The smallest absolute Gasteiger partial charge is 0.303 e. The summed E-state index contributed by atoms with van der Waals surface area (Å²) in [5, 5.41) is 3.02. The highest BCUT2D eigenvalue weighted by atomic mass is 32.1. The van der Waals surface area contributed by atoms with Crippen molar-refractivity contribution in [1.29, 1.82) is 0 Å². The van der Waals surface area contributed by atoms with Gasteiger partial charge in [-0.05, 0) is 32.3 Å². The molecule has 11 heteroatoms. The van der Waals surface area contributed by atoms with Crippen LogP contribution in [0.3, 0.4) is 0 Å². The lowest BCUT2D eigenvalue weighted by Crippen LogP contribution is -2.44. The summed E-state index contributed by atoms with van der Waals surface area (Å²) in [6.45, 7) is 3.04. The number of alkyl halides is 3. The number of nitrogens with zero attached hydrogens (tertiary/aromatic N) is 3. The zero-order chi connectivity index (χ0) is 21.1. The largest absolute Gasteiger partial charge is 0.390 e. The SMILES string of the molecule is Cc1c(Cn2[nH]ccc2=O)sc2c1c(=O)n(C1(C)CC1)c(=O)n2CCC(F)(F)F. The Morgan fingerprint density at radius 3 is 2.48 bits per heavy atom. The molecule has 0 aliphatic heterocycles. The van der Waals surface area contributed by atoms with Crippen LogP contribution < -0.4 is 16.8 Å². The normalized spacial score (nSPS) is 15.9. The Labute approximate surface area is 166 Å². The van der Waals surface area contributed by atoms with Crippen molar-refractivity contribution in [2.45, 2.75) is 57.9 Å². The van der Waals surface area contributed by atoms with Crippen LogP contribution in [0.5, 0.6) is 0 Å². The van der Waals surface area contributed by atoms with Gasteiger partial charge in [-0.25, -0.2) is 9.48 Å². The second-order valence-electron chi connectivity index (χ2n) is 7.65. The molecule has 3 heterocycles. The molecule has 1 aliphatic carbocycles. The van der Waals surface area contributed by atoms with Crippen LogP contribution in [0.15, 0.2) is 26.6 Å². The third-order valence-electron chi connectivity index (χ3n) is 5.47. The lowest BCUT2D eigenvalue weighted by molar-refractivity contribution is -0.136. The highest BCUT2D eigenvalue weighted by Crippen LogP contribution is 2.41. The number of hydrogen-bond donors (Lipinski definition) is 1. The van der Waals surface area contributed by atoms with Gasteiger partial charge < -0.3 is 5.10 Å². The number of thiophene rings is 1. The summed E-state index contributed by atoms with van der Waals surface area (Å²) in [7, 11) is 0. The monoisotopic (exact) mass is 428 g/mol. The molecule has 1 aliphatic rings. The number of nitrogens with one attached hydrogen (secondary N) is 1. The highest BCUT2D eigenvalue weighted by molar-refractivity contribution is 7.18. The van der Waals surface area contributed by atoms with E-state index in [-0.39, 0.29) is 22.3 Å².